The highest BCUT2D eigenvalue weighted by Gasteiger charge is 2.16. The van der Waals surface area contributed by atoms with Crippen molar-refractivity contribution in [3.8, 4) is 0 Å². The summed E-state index contributed by atoms with van der Waals surface area (Å²) in [6.07, 6.45) is 2.04. The second kappa shape index (κ2) is 4.60. The van der Waals surface area contributed by atoms with Gasteiger partial charge in [0.25, 0.3) is 0 Å². The fourth-order valence-electron chi connectivity index (χ4n) is 0.519. The lowest BCUT2D eigenvalue weighted by atomic mass is 10.2. The number of carbonyl (C=O) groups excluding carboxylic acids is 1. The lowest BCUT2D eigenvalue weighted by Crippen LogP contribution is -2.41. The molecular formula is C8H18N2OS. The number of carbonyl (C=O) groups is 1. The summed E-state index contributed by atoms with van der Waals surface area (Å²) in [6, 6.07) is -0.0304. The molecule has 0 aliphatic carbocycles. The summed E-state index contributed by atoms with van der Waals surface area (Å²) in [7, 11) is 3.48. The first-order valence-corrected chi connectivity index (χ1v) is 5.12. The molecule has 0 aliphatic heterocycles. The average Bonchev–Trinajstić information content (AvgIpc) is 2.00. The van der Waals surface area contributed by atoms with Crippen LogP contribution in [0.4, 0.5) is 4.79 Å². The third kappa shape index (κ3) is 4.49. The molecule has 0 saturated heterocycles. The Morgan fingerprint density at radius 3 is 2.33 bits per heavy atom. The largest absolute Gasteiger partial charge is 0.337 e. The highest BCUT2D eigenvalue weighted by Crippen LogP contribution is 2.19. The van der Waals surface area contributed by atoms with Crippen LogP contribution in [0.1, 0.15) is 13.8 Å². The van der Waals surface area contributed by atoms with E-state index in [0.717, 1.165) is 0 Å². The Kier molecular flexibility index (Phi) is 4.45. The minimum atomic E-state index is -0.0304. The van der Waals surface area contributed by atoms with Gasteiger partial charge in [0.2, 0.25) is 0 Å². The van der Waals surface area contributed by atoms with Gasteiger partial charge in [-0.15, -0.1) is 0 Å². The summed E-state index contributed by atoms with van der Waals surface area (Å²) in [5.74, 6) is 0. The third-order valence-electron chi connectivity index (χ3n) is 1.62. The predicted molar refractivity (Wildman–Crippen MR) is 54.7 cm³/mol. The summed E-state index contributed by atoms with van der Waals surface area (Å²) >= 11 is 1.75. The summed E-state index contributed by atoms with van der Waals surface area (Å²) in [5.41, 5.74) is 0. The van der Waals surface area contributed by atoms with Crippen LogP contribution >= 0.6 is 11.8 Å². The molecule has 0 heterocycles. The lowest BCUT2D eigenvalue weighted by Gasteiger charge is -2.23. The number of urea groups is 1. The van der Waals surface area contributed by atoms with Gasteiger partial charge in [0.05, 0.1) is 0 Å². The summed E-state index contributed by atoms with van der Waals surface area (Å²) in [5, 5.41) is 2.84. The SMILES string of the molecule is CSC(C)(C)CNC(=O)N(C)C. The molecule has 0 aromatic heterocycles. The molecule has 4 heteroatoms. The van der Waals surface area contributed by atoms with Crippen molar-refractivity contribution in [2.24, 2.45) is 0 Å². The second-order valence-electron chi connectivity index (χ2n) is 3.52. The number of nitrogens with zero attached hydrogens (tertiary/aromatic N) is 1. The molecule has 0 aromatic rings. The molecule has 0 aromatic carbocycles. The van der Waals surface area contributed by atoms with Gasteiger partial charge in [0, 0.05) is 25.4 Å². The monoisotopic (exact) mass is 190 g/mol. The van der Waals surface area contributed by atoms with Crippen LogP contribution < -0.4 is 5.32 Å². The van der Waals surface area contributed by atoms with Crippen LogP contribution in [-0.2, 0) is 0 Å². The zero-order valence-electron chi connectivity index (χ0n) is 8.47. The number of hydrogen-bond acceptors (Lipinski definition) is 2. The van der Waals surface area contributed by atoms with Crippen molar-refractivity contribution in [3.63, 3.8) is 0 Å². The summed E-state index contributed by atoms with van der Waals surface area (Å²) in [4.78, 5) is 12.6. The van der Waals surface area contributed by atoms with E-state index >= 15 is 0 Å². The van der Waals surface area contributed by atoms with Crippen molar-refractivity contribution >= 4 is 17.8 Å². The molecular weight excluding hydrogens is 172 g/mol. The van der Waals surface area contributed by atoms with Crippen molar-refractivity contribution < 1.29 is 4.79 Å². The van der Waals surface area contributed by atoms with Gasteiger partial charge >= 0.3 is 6.03 Å². The maximum Gasteiger partial charge on any atom is 0.316 e. The molecule has 1 N–H and O–H groups in total. The highest BCUT2D eigenvalue weighted by molar-refractivity contribution is 7.99. The van der Waals surface area contributed by atoms with E-state index in [0.29, 0.717) is 6.54 Å². The zero-order valence-corrected chi connectivity index (χ0v) is 9.29. The van der Waals surface area contributed by atoms with E-state index in [-0.39, 0.29) is 10.8 Å². The molecule has 0 bridgehead atoms. The van der Waals surface area contributed by atoms with Crippen LogP contribution in [0.2, 0.25) is 0 Å². The van der Waals surface area contributed by atoms with Crippen LogP contribution in [0.25, 0.3) is 0 Å². The smallest absolute Gasteiger partial charge is 0.316 e. The van der Waals surface area contributed by atoms with Gasteiger partial charge in [0.15, 0.2) is 0 Å². The number of hydrogen-bond donors (Lipinski definition) is 1. The molecule has 0 fully saturated rings. The Hall–Kier alpha value is -0.380. The van der Waals surface area contributed by atoms with E-state index in [2.05, 4.69) is 19.2 Å². The summed E-state index contributed by atoms with van der Waals surface area (Å²) in [6.45, 7) is 4.91. The Morgan fingerprint density at radius 2 is 2.00 bits per heavy atom. The molecule has 0 unspecified atom stereocenters. The Morgan fingerprint density at radius 1 is 1.50 bits per heavy atom. The van der Waals surface area contributed by atoms with Crippen LogP contribution in [0.3, 0.4) is 0 Å². The molecule has 0 radical (unpaired) electrons. The van der Waals surface area contributed by atoms with Crippen LogP contribution in [0.5, 0.6) is 0 Å². The highest BCUT2D eigenvalue weighted by atomic mass is 32.2. The minimum Gasteiger partial charge on any atom is -0.337 e. The van der Waals surface area contributed by atoms with Gasteiger partial charge in [-0.1, -0.05) is 0 Å². The van der Waals surface area contributed by atoms with Gasteiger partial charge < -0.3 is 10.2 Å². The second-order valence-corrected chi connectivity index (χ2v) is 5.03. The fourth-order valence-corrected chi connectivity index (χ4v) is 0.735. The van der Waals surface area contributed by atoms with Crippen molar-refractivity contribution in [1.29, 1.82) is 0 Å². The van der Waals surface area contributed by atoms with Crippen molar-refractivity contribution in [2.75, 3.05) is 26.9 Å². The van der Waals surface area contributed by atoms with E-state index in [1.807, 2.05) is 6.26 Å². The first-order chi connectivity index (χ1) is 5.39. The van der Waals surface area contributed by atoms with Crippen LogP contribution in [0, 0.1) is 0 Å². The van der Waals surface area contributed by atoms with Crippen molar-refractivity contribution in [3.05, 3.63) is 0 Å². The van der Waals surface area contributed by atoms with Gasteiger partial charge in [-0.3, -0.25) is 0 Å². The standard InChI is InChI=1S/C8H18N2OS/c1-8(2,12-5)6-9-7(11)10(3)4/h6H2,1-5H3,(H,9,11). The molecule has 3 nitrogen and oxygen atoms in total. The first-order valence-electron chi connectivity index (χ1n) is 3.89. The normalized spacial score (nSPS) is 11.1. The Balaban J connectivity index is 3.76. The Labute approximate surface area is 78.9 Å². The fraction of sp³-hybridized carbons (Fsp3) is 0.875. The van der Waals surface area contributed by atoms with Gasteiger partial charge in [-0.2, -0.15) is 11.8 Å². The maximum atomic E-state index is 11.1. The zero-order chi connectivity index (χ0) is 9.78. The third-order valence-corrected chi connectivity index (χ3v) is 2.87. The molecule has 12 heavy (non-hydrogen) atoms. The molecule has 0 atom stereocenters. The number of thioether (sulfide) groups is 1. The van der Waals surface area contributed by atoms with E-state index < -0.39 is 0 Å². The number of amides is 2. The summed E-state index contributed by atoms with van der Waals surface area (Å²) < 4.78 is 0.117. The van der Waals surface area contributed by atoms with Crippen LogP contribution in [-0.4, -0.2) is 42.6 Å². The molecule has 2 amide bonds. The Bertz CT molecular complexity index is 157. The maximum absolute atomic E-state index is 11.1. The number of nitrogens with one attached hydrogen (secondary N) is 1. The van der Waals surface area contributed by atoms with Gasteiger partial charge in [0.1, 0.15) is 0 Å². The van der Waals surface area contributed by atoms with Crippen molar-refractivity contribution in [1.82, 2.24) is 10.2 Å². The first kappa shape index (κ1) is 11.6. The molecule has 0 saturated carbocycles. The van der Waals surface area contributed by atoms with Gasteiger partial charge in [-0.05, 0) is 20.1 Å². The predicted octanol–water partition coefficient (Wildman–Crippen LogP) is 1.40. The number of rotatable bonds is 3. The van der Waals surface area contributed by atoms with E-state index in [4.69, 9.17) is 0 Å². The van der Waals surface area contributed by atoms with E-state index in [1.165, 1.54) is 4.90 Å². The minimum absolute atomic E-state index is 0.0304. The molecule has 0 rings (SSSR count). The lowest BCUT2D eigenvalue weighted by molar-refractivity contribution is 0.216. The van der Waals surface area contributed by atoms with E-state index in [1.54, 1.807) is 25.9 Å². The van der Waals surface area contributed by atoms with Crippen molar-refractivity contribution in [2.45, 2.75) is 18.6 Å². The quantitative estimate of drug-likeness (QED) is 0.729. The average molecular weight is 190 g/mol. The molecule has 72 valence electrons. The topological polar surface area (TPSA) is 32.3 Å². The van der Waals surface area contributed by atoms with Gasteiger partial charge in [-0.25, -0.2) is 4.79 Å². The molecule has 0 spiro atoms. The van der Waals surface area contributed by atoms with E-state index in [9.17, 15) is 4.79 Å². The molecule has 0 aliphatic rings. The van der Waals surface area contributed by atoms with Crippen LogP contribution in [0.15, 0.2) is 0 Å².